The van der Waals surface area contributed by atoms with Crippen LogP contribution in [-0.2, 0) is 9.59 Å². The van der Waals surface area contributed by atoms with E-state index in [1.54, 1.807) is 0 Å². The van der Waals surface area contributed by atoms with Crippen molar-refractivity contribution in [2.75, 3.05) is 19.6 Å². The van der Waals surface area contributed by atoms with Gasteiger partial charge in [0, 0.05) is 13.1 Å². The normalized spacial score (nSPS) is 16.2. The zero-order chi connectivity index (χ0) is 8.69. The minimum absolute atomic E-state index is 0.0756. The van der Waals surface area contributed by atoms with Crippen LogP contribution in [0.4, 0.5) is 0 Å². The lowest BCUT2D eigenvalue weighted by atomic mass is 10.4. The molecule has 1 aliphatic heterocycles. The molecule has 1 saturated heterocycles. The fourth-order valence-corrected chi connectivity index (χ4v) is 0.748. The maximum atomic E-state index is 10.5. The largest absolute Gasteiger partial charge is 0.353 e. The van der Waals surface area contributed by atoms with Crippen LogP contribution in [0.3, 0.4) is 0 Å². The molecule has 4 nitrogen and oxygen atoms in total. The Labute approximate surface area is 66.6 Å². The van der Waals surface area contributed by atoms with Gasteiger partial charge in [-0.2, -0.15) is 0 Å². The van der Waals surface area contributed by atoms with Gasteiger partial charge >= 0.3 is 0 Å². The third-order valence-corrected chi connectivity index (χ3v) is 1.22. The van der Waals surface area contributed by atoms with Crippen LogP contribution >= 0.6 is 0 Å². The van der Waals surface area contributed by atoms with Gasteiger partial charge in [-0.15, -0.1) is 0 Å². The number of hydrogen-bond donors (Lipinski definition) is 1. The second kappa shape index (κ2) is 5.70. The minimum Gasteiger partial charge on any atom is -0.353 e. The molecule has 64 valence electrons. The van der Waals surface area contributed by atoms with E-state index in [9.17, 15) is 9.59 Å². The maximum Gasteiger partial charge on any atom is 0.239 e. The van der Waals surface area contributed by atoms with E-state index in [0.29, 0.717) is 19.5 Å². The van der Waals surface area contributed by atoms with E-state index in [1.165, 1.54) is 4.90 Å². The third kappa shape index (κ3) is 3.60. The Morgan fingerprint density at radius 1 is 1.55 bits per heavy atom. The van der Waals surface area contributed by atoms with E-state index in [-0.39, 0.29) is 12.5 Å². The average molecular weight is 158 g/mol. The van der Waals surface area contributed by atoms with E-state index in [4.69, 9.17) is 0 Å². The minimum atomic E-state index is -0.0756. The van der Waals surface area contributed by atoms with Gasteiger partial charge in [0.2, 0.25) is 12.3 Å². The molecule has 0 radical (unpaired) electrons. The fourth-order valence-electron chi connectivity index (χ4n) is 0.748. The molecule has 0 aromatic carbocycles. The molecule has 1 fully saturated rings. The van der Waals surface area contributed by atoms with Crippen LogP contribution in [0.5, 0.6) is 0 Å². The zero-order valence-corrected chi connectivity index (χ0v) is 6.96. The van der Waals surface area contributed by atoms with E-state index in [0.717, 1.165) is 0 Å². The predicted octanol–water partition coefficient (Wildman–Crippen LogP) is -0.399. The Morgan fingerprint density at radius 2 is 2.18 bits per heavy atom. The summed E-state index contributed by atoms with van der Waals surface area (Å²) >= 11 is 0. The van der Waals surface area contributed by atoms with Crippen LogP contribution in [0.2, 0.25) is 0 Å². The van der Waals surface area contributed by atoms with Crippen LogP contribution in [-0.4, -0.2) is 36.9 Å². The lowest BCUT2D eigenvalue weighted by molar-refractivity contribution is -0.130. The molecule has 0 aromatic rings. The average Bonchev–Trinajstić information content (AvgIpc) is 2.08. The van der Waals surface area contributed by atoms with Gasteiger partial charge < -0.3 is 10.2 Å². The second-order valence-corrected chi connectivity index (χ2v) is 1.93. The Hall–Kier alpha value is -1.06. The summed E-state index contributed by atoms with van der Waals surface area (Å²) in [6.45, 7) is 5.43. The maximum absolute atomic E-state index is 10.5. The zero-order valence-electron chi connectivity index (χ0n) is 6.96. The predicted molar refractivity (Wildman–Crippen MR) is 42.0 cm³/mol. The van der Waals surface area contributed by atoms with Gasteiger partial charge in [0.15, 0.2) is 0 Å². The topological polar surface area (TPSA) is 49.4 Å². The first-order valence-electron chi connectivity index (χ1n) is 3.79. The quantitative estimate of drug-likeness (QED) is 0.528. The standard InChI is InChI=1S/C5H8N2O2.C2H6/c8-4-7-2-1-6-5(9)3-7;1-2/h4H,1-3H2,(H,6,9);1-2H3. The van der Waals surface area contributed by atoms with Crippen molar-refractivity contribution >= 4 is 12.3 Å². The Balaban J connectivity index is 0.000000461. The molecule has 1 N–H and O–H groups in total. The highest BCUT2D eigenvalue weighted by Crippen LogP contribution is 1.86. The van der Waals surface area contributed by atoms with Crippen LogP contribution in [0.1, 0.15) is 13.8 Å². The fraction of sp³-hybridized carbons (Fsp3) is 0.714. The highest BCUT2D eigenvalue weighted by Gasteiger charge is 2.12. The summed E-state index contributed by atoms with van der Waals surface area (Å²) < 4.78 is 0. The Bertz CT molecular complexity index is 136. The van der Waals surface area contributed by atoms with Gasteiger partial charge in [-0.1, -0.05) is 13.8 Å². The van der Waals surface area contributed by atoms with Crippen molar-refractivity contribution in [2.24, 2.45) is 0 Å². The molecule has 4 heteroatoms. The van der Waals surface area contributed by atoms with Crippen LogP contribution < -0.4 is 5.32 Å². The molecule has 1 aliphatic rings. The number of amides is 2. The molecule has 11 heavy (non-hydrogen) atoms. The summed E-state index contributed by atoms with van der Waals surface area (Å²) in [6.07, 6.45) is 0.693. The third-order valence-electron chi connectivity index (χ3n) is 1.22. The number of nitrogens with zero attached hydrogens (tertiary/aromatic N) is 1. The number of carbonyl (C=O) groups excluding carboxylic acids is 2. The van der Waals surface area contributed by atoms with Gasteiger partial charge in [0.05, 0.1) is 6.54 Å². The molecule has 0 aromatic heterocycles. The van der Waals surface area contributed by atoms with Crippen molar-refractivity contribution in [3.63, 3.8) is 0 Å². The smallest absolute Gasteiger partial charge is 0.239 e. The summed E-state index contributed by atoms with van der Waals surface area (Å²) in [6, 6.07) is 0. The molecular weight excluding hydrogens is 144 g/mol. The van der Waals surface area contributed by atoms with Crippen LogP contribution in [0.25, 0.3) is 0 Å². The summed E-state index contributed by atoms with van der Waals surface area (Å²) in [5.41, 5.74) is 0. The Morgan fingerprint density at radius 3 is 2.55 bits per heavy atom. The van der Waals surface area contributed by atoms with Crippen molar-refractivity contribution in [1.29, 1.82) is 0 Å². The molecule has 0 aliphatic carbocycles. The van der Waals surface area contributed by atoms with Gasteiger partial charge in [-0.3, -0.25) is 9.59 Å². The highest BCUT2D eigenvalue weighted by atomic mass is 16.2. The number of rotatable bonds is 1. The second-order valence-electron chi connectivity index (χ2n) is 1.93. The number of piperazine rings is 1. The number of nitrogens with one attached hydrogen (secondary N) is 1. The monoisotopic (exact) mass is 158 g/mol. The summed E-state index contributed by atoms with van der Waals surface area (Å²) in [7, 11) is 0. The molecule has 0 atom stereocenters. The van der Waals surface area contributed by atoms with Gasteiger partial charge in [-0.25, -0.2) is 0 Å². The van der Waals surface area contributed by atoms with Crippen molar-refractivity contribution in [1.82, 2.24) is 10.2 Å². The van der Waals surface area contributed by atoms with Crippen molar-refractivity contribution in [3.05, 3.63) is 0 Å². The van der Waals surface area contributed by atoms with Gasteiger partial charge in [0.25, 0.3) is 0 Å². The molecule has 2 amide bonds. The van der Waals surface area contributed by atoms with E-state index in [2.05, 4.69) is 5.32 Å². The van der Waals surface area contributed by atoms with Crippen LogP contribution in [0.15, 0.2) is 0 Å². The van der Waals surface area contributed by atoms with Crippen molar-refractivity contribution in [3.8, 4) is 0 Å². The van der Waals surface area contributed by atoms with Crippen molar-refractivity contribution in [2.45, 2.75) is 13.8 Å². The van der Waals surface area contributed by atoms with E-state index in [1.807, 2.05) is 13.8 Å². The number of hydrogen-bond acceptors (Lipinski definition) is 2. The number of carbonyl (C=O) groups is 2. The lowest BCUT2D eigenvalue weighted by Crippen LogP contribution is -2.46. The lowest BCUT2D eigenvalue weighted by Gasteiger charge is -2.21. The molecular formula is C7H14N2O2. The summed E-state index contributed by atoms with van der Waals surface area (Å²) in [5.74, 6) is -0.0756. The molecule has 0 bridgehead atoms. The van der Waals surface area contributed by atoms with Crippen molar-refractivity contribution < 1.29 is 9.59 Å². The first-order valence-corrected chi connectivity index (χ1v) is 3.79. The van der Waals surface area contributed by atoms with E-state index >= 15 is 0 Å². The highest BCUT2D eigenvalue weighted by molar-refractivity contribution is 5.80. The van der Waals surface area contributed by atoms with Crippen LogP contribution in [0, 0.1) is 0 Å². The van der Waals surface area contributed by atoms with Gasteiger partial charge in [0.1, 0.15) is 0 Å². The summed E-state index contributed by atoms with van der Waals surface area (Å²) in [4.78, 5) is 22.0. The first-order chi connectivity index (χ1) is 5.33. The first kappa shape index (κ1) is 9.94. The summed E-state index contributed by atoms with van der Waals surface area (Å²) in [5, 5.41) is 2.61. The SMILES string of the molecule is CC.O=CN1CCNC(=O)C1. The molecule has 0 spiro atoms. The molecule has 0 saturated carbocycles. The van der Waals surface area contributed by atoms with E-state index < -0.39 is 0 Å². The Kier molecular flexibility index (Phi) is 5.15. The molecule has 1 heterocycles. The molecule has 1 rings (SSSR count). The van der Waals surface area contributed by atoms with Gasteiger partial charge in [-0.05, 0) is 0 Å². The molecule has 0 unspecified atom stereocenters.